The van der Waals surface area contributed by atoms with E-state index in [0.717, 1.165) is 14.7 Å². The van der Waals surface area contributed by atoms with Crippen LogP contribution in [-0.2, 0) is 0 Å². The normalized spacial score (nSPS) is 16.9. The van der Waals surface area contributed by atoms with E-state index in [0.29, 0.717) is 5.92 Å². The molecule has 0 bridgehead atoms. The van der Waals surface area contributed by atoms with Crippen LogP contribution in [0, 0.1) is 3.57 Å². The number of hydrogen-bond acceptors (Lipinski definition) is 1. The second-order valence-electron chi connectivity index (χ2n) is 5.18. The molecule has 0 radical (unpaired) electrons. The van der Waals surface area contributed by atoms with Crippen molar-refractivity contribution in [3.05, 3.63) is 68.8 Å². The van der Waals surface area contributed by atoms with Crippen LogP contribution in [0.1, 0.15) is 48.0 Å². The van der Waals surface area contributed by atoms with E-state index in [1.165, 1.54) is 24.8 Å². The molecule has 1 saturated carbocycles. The van der Waals surface area contributed by atoms with Crippen molar-refractivity contribution in [2.45, 2.75) is 31.3 Å². The highest BCUT2D eigenvalue weighted by molar-refractivity contribution is 14.1. The topological polar surface area (TPSA) is 20.2 Å². The van der Waals surface area contributed by atoms with Crippen molar-refractivity contribution in [2.24, 2.45) is 0 Å². The first-order valence-corrected chi connectivity index (χ1v) is 7.86. The van der Waals surface area contributed by atoms with Gasteiger partial charge in [0, 0.05) is 3.57 Å². The zero-order chi connectivity index (χ0) is 13.2. The molecule has 2 heteroatoms. The molecule has 0 aliphatic heterocycles. The van der Waals surface area contributed by atoms with E-state index in [9.17, 15) is 5.11 Å². The molecule has 2 aromatic rings. The van der Waals surface area contributed by atoms with Gasteiger partial charge in [-0.05, 0) is 64.1 Å². The highest BCUT2D eigenvalue weighted by atomic mass is 127. The molecular formula is C17H17IO. The van der Waals surface area contributed by atoms with Crippen LogP contribution in [0.2, 0.25) is 0 Å². The Bertz CT molecular complexity index is 575. The molecule has 98 valence electrons. The lowest BCUT2D eigenvalue weighted by Gasteiger charge is -2.29. The highest BCUT2D eigenvalue weighted by Crippen LogP contribution is 2.40. The van der Waals surface area contributed by atoms with Gasteiger partial charge in [0.15, 0.2) is 0 Å². The van der Waals surface area contributed by atoms with Gasteiger partial charge in [0.25, 0.3) is 0 Å². The van der Waals surface area contributed by atoms with Gasteiger partial charge in [-0.25, -0.2) is 0 Å². The lowest BCUT2D eigenvalue weighted by atomic mass is 9.77. The monoisotopic (exact) mass is 364 g/mol. The van der Waals surface area contributed by atoms with Gasteiger partial charge in [-0.1, -0.05) is 48.9 Å². The fourth-order valence-electron chi connectivity index (χ4n) is 2.72. The van der Waals surface area contributed by atoms with Crippen molar-refractivity contribution >= 4 is 22.6 Å². The van der Waals surface area contributed by atoms with Crippen molar-refractivity contribution in [2.75, 3.05) is 0 Å². The number of hydrogen-bond donors (Lipinski definition) is 1. The number of halogens is 1. The van der Waals surface area contributed by atoms with E-state index in [2.05, 4.69) is 40.8 Å². The van der Waals surface area contributed by atoms with Crippen molar-refractivity contribution in [1.82, 2.24) is 0 Å². The first-order valence-electron chi connectivity index (χ1n) is 6.78. The summed E-state index contributed by atoms with van der Waals surface area (Å²) in [5, 5.41) is 10.7. The van der Waals surface area contributed by atoms with Crippen molar-refractivity contribution < 1.29 is 5.11 Å². The summed E-state index contributed by atoms with van der Waals surface area (Å²) in [6.45, 7) is 0. The number of aliphatic hydroxyl groups is 1. The van der Waals surface area contributed by atoms with Crippen LogP contribution in [0.25, 0.3) is 0 Å². The van der Waals surface area contributed by atoms with E-state index in [1.807, 2.05) is 30.3 Å². The summed E-state index contributed by atoms with van der Waals surface area (Å²) in [5.41, 5.74) is 3.42. The molecule has 0 amide bonds. The lowest BCUT2D eigenvalue weighted by molar-refractivity contribution is 0.216. The summed E-state index contributed by atoms with van der Waals surface area (Å²) >= 11 is 2.29. The van der Waals surface area contributed by atoms with Gasteiger partial charge in [-0.15, -0.1) is 0 Å². The third-order valence-electron chi connectivity index (χ3n) is 4.04. The molecule has 1 nitrogen and oxygen atoms in total. The summed E-state index contributed by atoms with van der Waals surface area (Å²) in [6.07, 6.45) is 3.33. The van der Waals surface area contributed by atoms with E-state index in [1.54, 1.807) is 0 Å². The van der Waals surface area contributed by atoms with Crippen LogP contribution in [-0.4, -0.2) is 5.11 Å². The number of rotatable bonds is 3. The smallest absolute Gasteiger partial charge is 0.105 e. The van der Waals surface area contributed by atoms with Crippen molar-refractivity contribution in [3.63, 3.8) is 0 Å². The SMILES string of the molecule is OC(c1ccccc1I)c1ccccc1C1CCC1. The highest BCUT2D eigenvalue weighted by Gasteiger charge is 2.25. The van der Waals surface area contributed by atoms with Crippen LogP contribution in [0.4, 0.5) is 0 Å². The Kier molecular flexibility index (Phi) is 3.89. The molecule has 1 atom stereocenters. The summed E-state index contributed by atoms with van der Waals surface area (Å²) in [5.74, 6) is 0.646. The van der Waals surface area contributed by atoms with Gasteiger partial charge in [-0.2, -0.15) is 0 Å². The van der Waals surface area contributed by atoms with Gasteiger partial charge in [0.1, 0.15) is 6.10 Å². The van der Waals surface area contributed by atoms with E-state index in [4.69, 9.17) is 0 Å². The van der Waals surface area contributed by atoms with Gasteiger partial charge < -0.3 is 5.11 Å². The van der Waals surface area contributed by atoms with Crippen LogP contribution in [0.3, 0.4) is 0 Å². The van der Waals surface area contributed by atoms with Crippen LogP contribution < -0.4 is 0 Å². The Balaban J connectivity index is 2.00. The van der Waals surface area contributed by atoms with Crippen molar-refractivity contribution in [1.29, 1.82) is 0 Å². The van der Waals surface area contributed by atoms with Gasteiger partial charge in [0.2, 0.25) is 0 Å². The Labute approximate surface area is 127 Å². The molecule has 1 fully saturated rings. The summed E-state index contributed by atoms with van der Waals surface area (Å²) in [6, 6.07) is 16.4. The second kappa shape index (κ2) is 5.63. The first kappa shape index (κ1) is 13.1. The molecular weight excluding hydrogens is 347 g/mol. The van der Waals surface area contributed by atoms with Crippen LogP contribution in [0.15, 0.2) is 48.5 Å². The van der Waals surface area contributed by atoms with Gasteiger partial charge in [0.05, 0.1) is 0 Å². The Morgan fingerprint density at radius 2 is 1.58 bits per heavy atom. The van der Waals surface area contributed by atoms with Crippen LogP contribution >= 0.6 is 22.6 Å². The lowest BCUT2D eigenvalue weighted by Crippen LogP contribution is -2.14. The predicted molar refractivity (Wildman–Crippen MR) is 86.3 cm³/mol. The maximum Gasteiger partial charge on any atom is 0.105 e. The molecule has 0 aromatic heterocycles. The maximum atomic E-state index is 10.7. The zero-order valence-electron chi connectivity index (χ0n) is 10.7. The maximum absolute atomic E-state index is 10.7. The standard InChI is InChI=1S/C17H17IO/c18-16-11-4-3-10-15(16)17(19)14-9-2-1-8-13(14)12-6-5-7-12/h1-4,8-12,17,19H,5-7H2. The Hall–Kier alpha value is -0.870. The van der Waals surface area contributed by atoms with Crippen molar-refractivity contribution in [3.8, 4) is 0 Å². The molecule has 19 heavy (non-hydrogen) atoms. The molecule has 1 aliphatic rings. The number of aliphatic hydroxyl groups excluding tert-OH is 1. The van der Waals surface area contributed by atoms with E-state index < -0.39 is 6.10 Å². The predicted octanol–water partition coefficient (Wildman–Crippen LogP) is 4.64. The quantitative estimate of drug-likeness (QED) is 0.787. The average Bonchev–Trinajstić information content (AvgIpc) is 2.37. The minimum absolute atomic E-state index is 0.509. The first-order chi connectivity index (χ1) is 9.27. The molecule has 2 aromatic carbocycles. The fraction of sp³-hybridized carbons (Fsp3) is 0.294. The molecule has 0 heterocycles. The molecule has 0 spiro atoms. The Morgan fingerprint density at radius 1 is 0.947 bits per heavy atom. The largest absolute Gasteiger partial charge is 0.384 e. The second-order valence-corrected chi connectivity index (χ2v) is 6.34. The zero-order valence-corrected chi connectivity index (χ0v) is 12.9. The molecule has 1 unspecified atom stereocenters. The van der Waals surface area contributed by atoms with Gasteiger partial charge in [-0.3, -0.25) is 0 Å². The fourth-order valence-corrected chi connectivity index (χ4v) is 3.40. The molecule has 0 saturated heterocycles. The minimum Gasteiger partial charge on any atom is -0.384 e. The summed E-state index contributed by atoms with van der Waals surface area (Å²) in [7, 11) is 0. The van der Waals surface area contributed by atoms with Gasteiger partial charge >= 0.3 is 0 Å². The molecule has 3 rings (SSSR count). The average molecular weight is 364 g/mol. The Morgan fingerprint density at radius 3 is 2.21 bits per heavy atom. The van der Waals surface area contributed by atoms with E-state index in [-0.39, 0.29) is 0 Å². The molecule has 1 N–H and O–H groups in total. The van der Waals surface area contributed by atoms with Crippen LogP contribution in [0.5, 0.6) is 0 Å². The third kappa shape index (κ3) is 2.56. The summed E-state index contributed by atoms with van der Waals surface area (Å²) in [4.78, 5) is 0. The van der Waals surface area contributed by atoms with E-state index >= 15 is 0 Å². The molecule has 1 aliphatic carbocycles. The number of benzene rings is 2. The minimum atomic E-state index is -0.509. The third-order valence-corrected chi connectivity index (χ3v) is 5.02. The summed E-state index contributed by atoms with van der Waals surface area (Å²) < 4.78 is 1.12.